The molecule has 0 aromatic carbocycles. The Morgan fingerprint density at radius 2 is 1.97 bits per heavy atom. The lowest BCUT2D eigenvalue weighted by Crippen LogP contribution is -2.46. The van der Waals surface area contributed by atoms with Gasteiger partial charge in [0.15, 0.2) is 15.9 Å². The van der Waals surface area contributed by atoms with E-state index in [0.29, 0.717) is 23.5 Å². The van der Waals surface area contributed by atoms with Crippen LogP contribution in [0.1, 0.15) is 60.8 Å². The van der Waals surface area contributed by atoms with Crippen molar-refractivity contribution in [2.45, 2.75) is 65.0 Å². The average molecular weight is 457 g/mol. The first-order valence-electron chi connectivity index (χ1n) is 10.3. The monoisotopic (exact) mass is 456 g/mol. The van der Waals surface area contributed by atoms with Crippen LogP contribution in [-0.2, 0) is 37.0 Å². The first-order valence-corrected chi connectivity index (χ1v) is 12.9. The number of fused-ring (bicyclic) bond motifs is 1. The van der Waals surface area contributed by atoms with Crippen LogP contribution in [0.5, 0.6) is 0 Å². The second kappa shape index (κ2) is 9.05. The summed E-state index contributed by atoms with van der Waals surface area (Å²) in [5.74, 6) is -1.30. The van der Waals surface area contributed by atoms with Crippen LogP contribution in [0.15, 0.2) is 0 Å². The maximum atomic E-state index is 13.0. The molecule has 0 radical (unpaired) electrons. The van der Waals surface area contributed by atoms with Crippen LogP contribution in [0, 0.1) is 0 Å². The molecule has 3 rings (SSSR count). The molecular weight excluding hydrogens is 428 g/mol. The van der Waals surface area contributed by atoms with Crippen LogP contribution in [-0.4, -0.2) is 61.3 Å². The zero-order valence-corrected chi connectivity index (χ0v) is 19.2. The van der Waals surface area contributed by atoms with Crippen LogP contribution < -0.4 is 5.32 Å². The number of hydrogen-bond acceptors (Lipinski definition) is 7. The fourth-order valence-corrected chi connectivity index (χ4v) is 7.20. The van der Waals surface area contributed by atoms with Crippen molar-refractivity contribution in [1.82, 2.24) is 4.90 Å². The van der Waals surface area contributed by atoms with Crippen molar-refractivity contribution < 1.29 is 27.5 Å². The first-order chi connectivity index (χ1) is 14.1. The Morgan fingerprint density at radius 3 is 2.57 bits per heavy atom. The number of nitrogens with one attached hydrogen (secondary N) is 1. The molecule has 1 aliphatic carbocycles. The van der Waals surface area contributed by atoms with Crippen LogP contribution in [0.3, 0.4) is 0 Å². The SMILES string of the molecule is CCN(C(=O)C(C)OC(=O)c1c(NC(C)=O)sc2c1CCCC2)C1CCS(=O)(=O)C1. The maximum absolute atomic E-state index is 13.0. The van der Waals surface area contributed by atoms with Crippen molar-refractivity contribution in [3.05, 3.63) is 16.0 Å². The molecule has 2 heterocycles. The molecule has 166 valence electrons. The van der Waals surface area contributed by atoms with E-state index in [1.807, 2.05) is 0 Å². The Balaban J connectivity index is 1.77. The Hall–Kier alpha value is -1.94. The number of nitrogens with zero attached hydrogens (tertiary/aromatic N) is 1. The number of amides is 2. The van der Waals surface area contributed by atoms with Gasteiger partial charge in [0.25, 0.3) is 5.91 Å². The Labute approximate surface area is 180 Å². The van der Waals surface area contributed by atoms with Crippen LogP contribution in [0.4, 0.5) is 5.00 Å². The number of anilines is 1. The van der Waals surface area contributed by atoms with E-state index in [4.69, 9.17) is 4.74 Å². The van der Waals surface area contributed by atoms with E-state index < -0.39 is 33.9 Å². The predicted octanol–water partition coefficient (Wildman–Crippen LogP) is 2.17. The number of hydrogen-bond donors (Lipinski definition) is 1. The number of likely N-dealkylation sites (N-methyl/N-ethyl adjacent to an activating group) is 1. The second-order valence-corrected chi connectivity index (χ2v) is 11.2. The molecule has 0 bridgehead atoms. The summed E-state index contributed by atoms with van der Waals surface area (Å²) in [7, 11) is -3.14. The van der Waals surface area contributed by atoms with Crippen LogP contribution in [0.2, 0.25) is 0 Å². The molecule has 2 aliphatic rings. The molecule has 2 unspecified atom stereocenters. The van der Waals surface area contributed by atoms with Gasteiger partial charge in [-0.05, 0) is 51.5 Å². The molecule has 1 aromatic rings. The highest BCUT2D eigenvalue weighted by atomic mass is 32.2. The minimum absolute atomic E-state index is 0.0576. The van der Waals surface area contributed by atoms with Crippen LogP contribution >= 0.6 is 11.3 Å². The minimum Gasteiger partial charge on any atom is -0.449 e. The minimum atomic E-state index is -3.14. The number of thiophene rings is 1. The summed E-state index contributed by atoms with van der Waals surface area (Å²) in [5.41, 5.74) is 1.24. The van der Waals surface area contributed by atoms with Gasteiger partial charge in [-0.2, -0.15) is 0 Å². The fourth-order valence-electron chi connectivity index (χ4n) is 4.15. The number of ether oxygens (including phenoxy) is 1. The van der Waals surface area contributed by atoms with Crippen LogP contribution in [0.25, 0.3) is 0 Å². The van der Waals surface area contributed by atoms with E-state index in [0.717, 1.165) is 36.1 Å². The summed E-state index contributed by atoms with van der Waals surface area (Å²) >= 11 is 1.39. The lowest BCUT2D eigenvalue weighted by molar-refractivity contribution is -0.141. The quantitative estimate of drug-likeness (QED) is 0.657. The fraction of sp³-hybridized carbons (Fsp3) is 0.650. The third kappa shape index (κ3) is 4.85. The Bertz CT molecular complexity index is 953. The van der Waals surface area contributed by atoms with E-state index in [9.17, 15) is 22.8 Å². The topological polar surface area (TPSA) is 110 Å². The van der Waals surface area contributed by atoms with E-state index >= 15 is 0 Å². The summed E-state index contributed by atoms with van der Waals surface area (Å²) < 4.78 is 29.1. The summed E-state index contributed by atoms with van der Waals surface area (Å²) in [6.45, 7) is 5.01. The molecule has 10 heteroatoms. The molecule has 1 fully saturated rings. The lowest BCUT2D eigenvalue weighted by atomic mass is 9.95. The number of aryl methyl sites for hydroxylation is 1. The number of carbonyl (C=O) groups is 3. The van der Waals surface area contributed by atoms with Gasteiger partial charge in [-0.3, -0.25) is 9.59 Å². The summed E-state index contributed by atoms with van der Waals surface area (Å²) in [4.78, 5) is 40.1. The number of sulfone groups is 1. The highest BCUT2D eigenvalue weighted by Gasteiger charge is 2.37. The zero-order valence-electron chi connectivity index (χ0n) is 17.5. The third-order valence-corrected chi connectivity index (χ3v) is 8.53. The molecule has 1 saturated heterocycles. The molecule has 1 aromatic heterocycles. The van der Waals surface area contributed by atoms with Crippen molar-refractivity contribution in [3.63, 3.8) is 0 Å². The molecule has 0 saturated carbocycles. The standard InChI is InChI=1S/C20H28N2O6S2/c1-4-22(14-9-10-30(26,27)11-14)19(24)12(2)28-20(25)17-15-7-5-6-8-16(15)29-18(17)21-13(3)23/h12,14H,4-11H2,1-3H3,(H,21,23). The lowest BCUT2D eigenvalue weighted by Gasteiger charge is -2.29. The highest BCUT2D eigenvalue weighted by Crippen LogP contribution is 2.38. The zero-order chi connectivity index (χ0) is 22.1. The van der Waals surface area contributed by atoms with Crippen molar-refractivity contribution in [2.24, 2.45) is 0 Å². The van der Waals surface area contributed by atoms with Gasteiger partial charge in [0.1, 0.15) is 5.00 Å². The van der Waals surface area contributed by atoms with Gasteiger partial charge < -0.3 is 15.0 Å². The summed E-state index contributed by atoms with van der Waals surface area (Å²) in [6, 6.07) is -0.391. The van der Waals surface area contributed by atoms with Gasteiger partial charge in [-0.25, -0.2) is 13.2 Å². The summed E-state index contributed by atoms with van der Waals surface area (Å²) in [6.07, 6.45) is 2.93. The van der Waals surface area contributed by atoms with Gasteiger partial charge in [-0.15, -0.1) is 11.3 Å². The molecule has 1 N–H and O–H groups in total. The third-order valence-electron chi connectivity index (χ3n) is 5.57. The molecule has 8 nitrogen and oxygen atoms in total. The van der Waals surface area contributed by atoms with Gasteiger partial charge >= 0.3 is 5.97 Å². The van der Waals surface area contributed by atoms with Gasteiger partial charge in [0.2, 0.25) is 5.91 Å². The smallest absolute Gasteiger partial charge is 0.342 e. The van der Waals surface area contributed by atoms with E-state index in [-0.39, 0.29) is 17.4 Å². The van der Waals surface area contributed by atoms with Crippen molar-refractivity contribution in [3.8, 4) is 0 Å². The van der Waals surface area contributed by atoms with E-state index in [1.54, 1.807) is 6.92 Å². The molecule has 30 heavy (non-hydrogen) atoms. The van der Waals surface area contributed by atoms with E-state index in [1.165, 1.54) is 30.1 Å². The second-order valence-electron chi connectivity index (χ2n) is 7.82. The molecular formula is C20H28N2O6S2. The largest absolute Gasteiger partial charge is 0.449 e. The molecule has 1 aliphatic heterocycles. The number of carbonyl (C=O) groups excluding carboxylic acids is 3. The normalized spacial score (nSPS) is 20.8. The number of rotatable bonds is 6. The van der Waals surface area contributed by atoms with Gasteiger partial charge in [0, 0.05) is 24.4 Å². The highest BCUT2D eigenvalue weighted by molar-refractivity contribution is 7.91. The Kier molecular flexibility index (Phi) is 6.86. The van der Waals surface area contributed by atoms with E-state index in [2.05, 4.69) is 5.32 Å². The summed E-state index contributed by atoms with van der Waals surface area (Å²) in [5, 5.41) is 3.18. The van der Waals surface area contributed by atoms with Gasteiger partial charge in [-0.1, -0.05) is 0 Å². The molecule has 2 amide bonds. The van der Waals surface area contributed by atoms with Crippen molar-refractivity contribution >= 4 is 44.0 Å². The maximum Gasteiger partial charge on any atom is 0.342 e. The predicted molar refractivity (Wildman–Crippen MR) is 115 cm³/mol. The molecule has 0 spiro atoms. The first kappa shape index (κ1) is 22.7. The van der Waals surface area contributed by atoms with Crippen molar-refractivity contribution in [2.75, 3.05) is 23.4 Å². The van der Waals surface area contributed by atoms with Crippen molar-refractivity contribution in [1.29, 1.82) is 0 Å². The van der Waals surface area contributed by atoms with Gasteiger partial charge in [0.05, 0.1) is 17.1 Å². The Morgan fingerprint density at radius 1 is 1.27 bits per heavy atom. The molecule has 2 atom stereocenters. The number of esters is 1. The average Bonchev–Trinajstić information content (AvgIpc) is 3.20.